The molecule has 4 nitrogen and oxygen atoms in total. The standard InChI is InChI=1S/C11H22N4/c1-5-11(4,12)6-10-13-8-14-15(10)7-9(2)3/h8-9H,5-7,12H2,1-4H3. The van der Waals surface area contributed by atoms with E-state index in [-0.39, 0.29) is 5.54 Å². The third-order valence-electron chi connectivity index (χ3n) is 2.60. The summed E-state index contributed by atoms with van der Waals surface area (Å²) in [6, 6.07) is 0. The lowest BCUT2D eigenvalue weighted by Crippen LogP contribution is -2.38. The van der Waals surface area contributed by atoms with E-state index in [1.165, 1.54) is 0 Å². The van der Waals surface area contributed by atoms with Gasteiger partial charge in [0.25, 0.3) is 0 Å². The van der Waals surface area contributed by atoms with E-state index in [0.29, 0.717) is 5.92 Å². The van der Waals surface area contributed by atoms with Gasteiger partial charge in [-0.05, 0) is 19.3 Å². The Morgan fingerprint density at radius 1 is 1.53 bits per heavy atom. The summed E-state index contributed by atoms with van der Waals surface area (Å²) in [4.78, 5) is 4.27. The molecule has 1 atom stereocenters. The molecule has 0 amide bonds. The molecule has 0 aliphatic carbocycles. The number of hydrogen-bond donors (Lipinski definition) is 1. The highest BCUT2D eigenvalue weighted by Crippen LogP contribution is 2.12. The Labute approximate surface area is 91.9 Å². The van der Waals surface area contributed by atoms with Gasteiger partial charge in [0.2, 0.25) is 0 Å². The zero-order valence-corrected chi connectivity index (χ0v) is 10.2. The predicted octanol–water partition coefficient (Wildman–Crippen LogP) is 1.60. The molecule has 0 saturated heterocycles. The second-order valence-electron chi connectivity index (χ2n) is 4.94. The van der Waals surface area contributed by atoms with E-state index in [2.05, 4.69) is 37.8 Å². The molecular formula is C11H22N4. The number of nitrogens with two attached hydrogens (primary N) is 1. The number of nitrogens with zero attached hydrogens (tertiary/aromatic N) is 3. The zero-order chi connectivity index (χ0) is 11.5. The summed E-state index contributed by atoms with van der Waals surface area (Å²) in [6.07, 6.45) is 3.35. The summed E-state index contributed by atoms with van der Waals surface area (Å²) in [6.45, 7) is 9.42. The van der Waals surface area contributed by atoms with Gasteiger partial charge in [0.1, 0.15) is 12.2 Å². The highest BCUT2D eigenvalue weighted by atomic mass is 15.3. The molecule has 1 aromatic rings. The van der Waals surface area contributed by atoms with Crippen molar-refractivity contribution >= 4 is 0 Å². The van der Waals surface area contributed by atoms with Gasteiger partial charge in [-0.3, -0.25) is 0 Å². The first-order valence-corrected chi connectivity index (χ1v) is 5.60. The molecule has 0 radical (unpaired) electrons. The van der Waals surface area contributed by atoms with Crippen LogP contribution >= 0.6 is 0 Å². The molecule has 0 saturated carbocycles. The summed E-state index contributed by atoms with van der Waals surface area (Å²) in [5.74, 6) is 1.58. The van der Waals surface area contributed by atoms with Crippen LogP contribution in [0.5, 0.6) is 0 Å². The first kappa shape index (κ1) is 12.2. The number of aromatic nitrogens is 3. The van der Waals surface area contributed by atoms with Crippen LogP contribution in [0.15, 0.2) is 6.33 Å². The fraction of sp³-hybridized carbons (Fsp3) is 0.818. The summed E-state index contributed by atoms with van der Waals surface area (Å²) >= 11 is 0. The van der Waals surface area contributed by atoms with Crippen LogP contribution in [0, 0.1) is 5.92 Å². The van der Waals surface area contributed by atoms with Crippen molar-refractivity contribution in [1.29, 1.82) is 0 Å². The molecular weight excluding hydrogens is 188 g/mol. The number of rotatable bonds is 5. The molecule has 1 rings (SSSR count). The lowest BCUT2D eigenvalue weighted by Gasteiger charge is -2.22. The fourth-order valence-electron chi connectivity index (χ4n) is 1.41. The Hall–Kier alpha value is -0.900. The zero-order valence-electron chi connectivity index (χ0n) is 10.2. The molecule has 0 fully saturated rings. The Bertz CT molecular complexity index is 301. The maximum atomic E-state index is 6.13. The second-order valence-corrected chi connectivity index (χ2v) is 4.94. The Kier molecular flexibility index (Phi) is 3.85. The van der Waals surface area contributed by atoms with Crippen molar-refractivity contribution in [3.8, 4) is 0 Å². The van der Waals surface area contributed by atoms with Gasteiger partial charge in [-0.2, -0.15) is 5.10 Å². The first-order valence-electron chi connectivity index (χ1n) is 5.60. The van der Waals surface area contributed by atoms with Crippen LogP contribution in [0.4, 0.5) is 0 Å². The second kappa shape index (κ2) is 4.75. The van der Waals surface area contributed by atoms with E-state index in [9.17, 15) is 0 Å². The molecule has 0 aromatic carbocycles. The average Bonchev–Trinajstić information content (AvgIpc) is 2.51. The van der Waals surface area contributed by atoms with Crippen LogP contribution in [0.25, 0.3) is 0 Å². The molecule has 0 spiro atoms. The van der Waals surface area contributed by atoms with Crippen molar-refractivity contribution in [2.24, 2.45) is 11.7 Å². The highest BCUT2D eigenvalue weighted by Gasteiger charge is 2.19. The molecule has 4 heteroatoms. The van der Waals surface area contributed by atoms with Gasteiger partial charge in [-0.1, -0.05) is 20.8 Å². The molecule has 0 aliphatic heterocycles. The van der Waals surface area contributed by atoms with Crippen LogP contribution in [0.2, 0.25) is 0 Å². The van der Waals surface area contributed by atoms with Gasteiger partial charge in [-0.25, -0.2) is 9.67 Å². The normalized spacial score (nSPS) is 15.6. The Morgan fingerprint density at radius 3 is 2.73 bits per heavy atom. The van der Waals surface area contributed by atoms with Crippen molar-refractivity contribution in [1.82, 2.24) is 14.8 Å². The Morgan fingerprint density at radius 2 is 2.20 bits per heavy atom. The van der Waals surface area contributed by atoms with Crippen LogP contribution < -0.4 is 5.73 Å². The third-order valence-corrected chi connectivity index (χ3v) is 2.60. The minimum absolute atomic E-state index is 0.179. The lowest BCUT2D eigenvalue weighted by atomic mass is 9.96. The SMILES string of the molecule is CCC(C)(N)Cc1ncnn1CC(C)C. The largest absolute Gasteiger partial charge is 0.325 e. The van der Waals surface area contributed by atoms with Gasteiger partial charge in [0.15, 0.2) is 0 Å². The van der Waals surface area contributed by atoms with E-state index in [0.717, 1.165) is 25.2 Å². The van der Waals surface area contributed by atoms with E-state index >= 15 is 0 Å². The van der Waals surface area contributed by atoms with Crippen molar-refractivity contribution in [3.05, 3.63) is 12.2 Å². The predicted molar refractivity (Wildman–Crippen MR) is 61.4 cm³/mol. The molecule has 1 aromatic heterocycles. The summed E-state index contributed by atoms with van der Waals surface area (Å²) in [5.41, 5.74) is 5.95. The first-order chi connectivity index (χ1) is 6.94. The van der Waals surface area contributed by atoms with Crippen molar-refractivity contribution < 1.29 is 0 Å². The highest BCUT2D eigenvalue weighted by molar-refractivity contribution is 4.94. The monoisotopic (exact) mass is 210 g/mol. The van der Waals surface area contributed by atoms with E-state index in [1.807, 2.05) is 4.68 Å². The smallest absolute Gasteiger partial charge is 0.138 e. The van der Waals surface area contributed by atoms with Crippen LogP contribution in [-0.2, 0) is 13.0 Å². The van der Waals surface area contributed by atoms with Gasteiger partial charge in [0, 0.05) is 18.5 Å². The Balaban J connectivity index is 2.73. The van der Waals surface area contributed by atoms with E-state index in [4.69, 9.17) is 5.73 Å². The molecule has 0 bridgehead atoms. The van der Waals surface area contributed by atoms with E-state index < -0.39 is 0 Å². The fourth-order valence-corrected chi connectivity index (χ4v) is 1.41. The molecule has 86 valence electrons. The summed E-state index contributed by atoms with van der Waals surface area (Å²) < 4.78 is 1.96. The summed E-state index contributed by atoms with van der Waals surface area (Å²) in [5, 5.41) is 4.22. The maximum absolute atomic E-state index is 6.13. The third kappa shape index (κ3) is 3.63. The van der Waals surface area contributed by atoms with Gasteiger partial charge >= 0.3 is 0 Å². The topological polar surface area (TPSA) is 56.7 Å². The van der Waals surface area contributed by atoms with Crippen LogP contribution in [0.1, 0.15) is 39.9 Å². The molecule has 1 heterocycles. The van der Waals surface area contributed by atoms with Gasteiger partial charge in [-0.15, -0.1) is 0 Å². The van der Waals surface area contributed by atoms with Crippen LogP contribution in [0.3, 0.4) is 0 Å². The molecule has 0 aliphatic rings. The average molecular weight is 210 g/mol. The number of hydrogen-bond acceptors (Lipinski definition) is 3. The minimum Gasteiger partial charge on any atom is -0.325 e. The maximum Gasteiger partial charge on any atom is 0.138 e. The van der Waals surface area contributed by atoms with Gasteiger partial charge < -0.3 is 5.73 Å². The van der Waals surface area contributed by atoms with Crippen LogP contribution in [-0.4, -0.2) is 20.3 Å². The van der Waals surface area contributed by atoms with Crippen molar-refractivity contribution in [3.63, 3.8) is 0 Å². The van der Waals surface area contributed by atoms with Crippen molar-refractivity contribution in [2.45, 2.75) is 52.6 Å². The summed E-state index contributed by atoms with van der Waals surface area (Å²) in [7, 11) is 0. The quantitative estimate of drug-likeness (QED) is 0.803. The molecule has 1 unspecified atom stereocenters. The van der Waals surface area contributed by atoms with Crippen molar-refractivity contribution in [2.75, 3.05) is 0 Å². The lowest BCUT2D eigenvalue weighted by molar-refractivity contribution is 0.405. The van der Waals surface area contributed by atoms with Gasteiger partial charge in [0.05, 0.1) is 0 Å². The van der Waals surface area contributed by atoms with E-state index in [1.54, 1.807) is 6.33 Å². The molecule has 2 N–H and O–H groups in total. The minimum atomic E-state index is -0.179. The molecule has 15 heavy (non-hydrogen) atoms.